The van der Waals surface area contributed by atoms with E-state index in [0.717, 1.165) is 6.07 Å². The fourth-order valence-electron chi connectivity index (χ4n) is 2.41. The Morgan fingerprint density at radius 3 is 2.12 bits per heavy atom. The van der Waals surface area contributed by atoms with Gasteiger partial charge >= 0.3 is 11.1 Å². The van der Waals surface area contributed by atoms with Gasteiger partial charge in [-0.3, -0.25) is 14.3 Å². The van der Waals surface area contributed by atoms with E-state index in [1.165, 1.54) is 24.3 Å². The van der Waals surface area contributed by atoms with E-state index in [2.05, 4.69) is 14.7 Å². The Bertz CT molecular complexity index is 1210. The molecule has 3 aromatic rings. The van der Waals surface area contributed by atoms with E-state index in [0.29, 0.717) is 16.6 Å². The Labute approximate surface area is 141 Å². The fourth-order valence-corrected chi connectivity index (χ4v) is 3.71. The van der Waals surface area contributed by atoms with Crippen molar-refractivity contribution in [2.45, 2.75) is 18.7 Å². The Hall–Kier alpha value is -2.94. The van der Waals surface area contributed by atoms with E-state index in [-0.39, 0.29) is 16.1 Å². The molecule has 0 spiro atoms. The van der Waals surface area contributed by atoms with Gasteiger partial charge in [-0.05, 0) is 49.2 Å². The van der Waals surface area contributed by atoms with Crippen LogP contribution in [0, 0.1) is 19.7 Å². The van der Waals surface area contributed by atoms with Crippen molar-refractivity contribution in [3.8, 4) is 0 Å². The summed E-state index contributed by atoms with van der Waals surface area (Å²) in [6.07, 6.45) is 0. The standard InChI is InChI=1S/C16H14FN3O4S/c1-8-3-4-10(6-11(8)17)20-25(23,24)14-7-13-12(5-9(14)2)18-15(21)16(22)19-13/h3-7,20H,1-2H3,(H,18,21)(H,19,22). The Morgan fingerprint density at radius 2 is 1.52 bits per heavy atom. The van der Waals surface area contributed by atoms with Crippen molar-refractivity contribution < 1.29 is 12.8 Å². The van der Waals surface area contributed by atoms with Crippen LogP contribution in [-0.4, -0.2) is 18.4 Å². The molecule has 0 aliphatic heterocycles. The molecule has 0 atom stereocenters. The van der Waals surface area contributed by atoms with Gasteiger partial charge in [0.1, 0.15) is 5.82 Å². The van der Waals surface area contributed by atoms with Crippen LogP contribution in [-0.2, 0) is 10.0 Å². The maximum Gasteiger partial charge on any atom is 0.314 e. The number of rotatable bonds is 3. The number of H-pyrrole nitrogens is 2. The molecular formula is C16H14FN3O4S. The second kappa shape index (κ2) is 5.85. The third-order valence-electron chi connectivity index (χ3n) is 3.73. The van der Waals surface area contributed by atoms with Gasteiger partial charge in [0.15, 0.2) is 0 Å². The fraction of sp³-hybridized carbons (Fsp3) is 0.125. The summed E-state index contributed by atoms with van der Waals surface area (Å²) in [5, 5.41) is 0. The van der Waals surface area contributed by atoms with Gasteiger partial charge in [-0.2, -0.15) is 0 Å². The van der Waals surface area contributed by atoms with Crippen LogP contribution in [0.25, 0.3) is 11.0 Å². The van der Waals surface area contributed by atoms with Gasteiger partial charge in [0, 0.05) is 0 Å². The zero-order valence-electron chi connectivity index (χ0n) is 13.3. The SMILES string of the molecule is Cc1ccc(NS(=O)(=O)c2cc3[nH]c(=O)c(=O)[nH]c3cc2C)cc1F. The predicted molar refractivity (Wildman–Crippen MR) is 91.9 cm³/mol. The first-order valence-electron chi connectivity index (χ1n) is 7.23. The minimum absolute atomic E-state index is 0.0811. The molecule has 9 heteroatoms. The van der Waals surface area contributed by atoms with Crippen LogP contribution in [0.4, 0.5) is 10.1 Å². The summed E-state index contributed by atoms with van der Waals surface area (Å²) in [7, 11) is -4.02. The summed E-state index contributed by atoms with van der Waals surface area (Å²) in [6.45, 7) is 3.12. The van der Waals surface area contributed by atoms with Gasteiger partial charge in [0.25, 0.3) is 10.0 Å². The first-order chi connectivity index (χ1) is 11.7. The van der Waals surface area contributed by atoms with Crippen LogP contribution < -0.4 is 15.8 Å². The van der Waals surface area contributed by atoms with E-state index >= 15 is 0 Å². The van der Waals surface area contributed by atoms with Crippen molar-refractivity contribution in [2.24, 2.45) is 0 Å². The maximum atomic E-state index is 13.6. The summed E-state index contributed by atoms with van der Waals surface area (Å²) < 4.78 is 41.2. The average Bonchev–Trinajstić information content (AvgIpc) is 2.51. The van der Waals surface area contributed by atoms with E-state index in [9.17, 15) is 22.4 Å². The van der Waals surface area contributed by atoms with Crippen LogP contribution in [0.2, 0.25) is 0 Å². The maximum absolute atomic E-state index is 13.6. The highest BCUT2D eigenvalue weighted by Crippen LogP contribution is 2.23. The number of nitrogens with one attached hydrogen (secondary N) is 3. The molecule has 0 aliphatic carbocycles. The topological polar surface area (TPSA) is 112 Å². The van der Waals surface area contributed by atoms with Gasteiger partial charge in [0.05, 0.1) is 21.6 Å². The summed E-state index contributed by atoms with van der Waals surface area (Å²) in [5.41, 5.74) is -0.392. The van der Waals surface area contributed by atoms with Crippen molar-refractivity contribution >= 4 is 26.7 Å². The first kappa shape index (κ1) is 16.9. The molecule has 3 rings (SSSR count). The molecule has 0 bridgehead atoms. The number of hydrogen-bond acceptors (Lipinski definition) is 4. The van der Waals surface area contributed by atoms with Gasteiger partial charge in [-0.25, -0.2) is 12.8 Å². The number of halogens is 1. The quantitative estimate of drug-likeness (QED) is 0.616. The molecule has 2 aromatic carbocycles. The summed E-state index contributed by atoms with van der Waals surface area (Å²) in [4.78, 5) is 27.4. The van der Waals surface area contributed by atoms with Crippen LogP contribution >= 0.6 is 0 Å². The zero-order chi connectivity index (χ0) is 18.4. The van der Waals surface area contributed by atoms with Crippen LogP contribution in [0.15, 0.2) is 44.8 Å². The number of benzene rings is 2. The minimum atomic E-state index is -4.02. The van der Waals surface area contributed by atoms with E-state index in [4.69, 9.17) is 0 Å². The Balaban J connectivity index is 2.11. The highest BCUT2D eigenvalue weighted by Gasteiger charge is 2.19. The number of aromatic amines is 2. The molecule has 130 valence electrons. The molecule has 0 radical (unpaired) electrons. The second-order valence-corrected chi connectivity index (χ2v) is 7.29. The minimum Gasteiger partial charge on any atom is -0.316 e. The third kappa shape index (κ3) is 3.18. The summed E-state index contributed by atoms with van der Waals surface area (Å²) in [5.74, 6) is -0.530. The lowest BCUT2D eigenvalue weighted by molar-refractivity contribution is 0.600. The molecular weight excluding hydrogens is 349 g/mol. The van der Waals surface area contributed by atoms with Crippen LogP contribution in [0.3, 0.4) is 0 Å². The molecule has 0 fully saturated rings. The third-order valence-corrected chi connectivity index (χ3v) is 5.25. The number of anilines is 1. The van der Waals surface area contributed by atoms with Gasteiger partial charge in [0.2, 0.25) is 0 Å². The predicted octanol–water partition coefficient (Wildman–Crippen LogP) is 1.77. The Kier molecular flexibility index (Phi) is 3.96. The monoisotopic (exact) mass is 363 g/mol. The highest BCUT2D eigenvalue weighted by molar-refractivity contribution is 7.92. The lowest BCUT2D eigenvalue weighted by atomic mass is 10.2. The molecule has 0 unspecified atom stereocenters. The number of aromatic nitrogens is 2. The first-order valence-corrected chi connectivity index (χ1v) is 8.71. The second-order valence-electron chi connectivity index (χ2n) is 5.64. The van der Waals surface area contributed by atoms with Crippen molar-refractivity contribution in [1.82, 2.24) is 9.97 Å². The van der Waals surface area contributed by atoms with Crippen LogP contribution in [0.5, 0.6) is 0 Å². The molecule has 0 saturated carbocycles. The van der Waals surface area contributed by atoms with E-state index in [1.54, 1.807) is 13.8 Å². The lowest BCUT2D eigenvalue weighted by Gasteiger charge is -2.12. The van der Waals surface area contributed by atoms with Crippen molar-refractivity contribution in [3.63, 3.8) is 0 Å². The van der Waals surface area contributed by atoms with Crippen LogP contribution in [0.1, 0.15) is 11.1 Å². The Morgan fingerprint density at radius 1 is 0.920 bits per heavy atom. The molecule has 0 amide bonds. The molecule has 0 aliphatic rings. The van der Waals surface area contributed by atoms with Gasteiger partial charge < -0.3 is 9.97 Å². The molecule has 1 aromatic heterocycles. The van der Waals surface area contributed by atoms with Gasteiger partial charge in [-0.1, -0.05) is 6.07 Å². The largest absolute Gasteiger partial charge is 0.316 e. The summed E-state index contributed by atoms with van der Waals surface area (Å²) >= 11 is 0. The number of sulfonamides is 1. The van der Waals surface area contributed by atoms with E-state index in [1.807, 2.05) is 0 Å². The van der Waals surface area contributed by atoms with Gasteiger partial charge in [-0.15, -0.1) is 0 Å². The number of aryl methyl sites for hydroxylation is 2. The molecule has 0 saturated heterocycles. The van der Waals surface area contributed by atoms with Crippen molar-refractivity contribution in [3.05, 3.63) is 68.0 Å². The van der Waals surface area contributed by atoms with E-state index < -0.39 is 27.0 Å². The average molecular weight is 363 g/mol. The van der Waals surface area contributed by atoms with Crippen molar-refractivity contribution in [1.29, 1.82) is 0 Å². The number of hydrogen-bond donors (Lipinski definition) is 3. The molecule has 7 nitrogen and oxygen atoms in total. The normalized spacial score (nSPS) is 11.6. The smallest absolute Gasteiger partial charge is 0.314 e. The van der Waals surface area contributed by atoms with Crippen molar-refractivity contribution in [2.75, 3.05) is 4.72 Å². The molecule has 3 N–H and O–H groups in total. The lowest BCUT2D eigenvalue weighted by Crippen LogP contribution is -2.29. The molecule has 1 heterocycles. The molecule has 25 heavy (non-hydrogen) atoms. The highest BCUT2D eigenvalue weighted by atomic mass is 32.2. The zero-order valence-corrected chi connectivity index (χ0v) is 14.1. The number of fused-ring (bicyclic) bond motifs is 1. The summed E-state index contributed by atoms with van der Waals surface area (Å²) in [6, 6.07) is 6.68.